The van der Waals surface area contributed by atoms with Crippen molar-refractivity contribution >= 4 is 34.1 Å². The lowest BCUT2D eigenvalue weighted by atomic mass is 10.0. The van der Waals surface area contributed by atoms with Crippen LogP contribution in [0.5, 0.6) is 0 Å². The lowest BCUT2D eigenvalue weighted by molar-refractivity contribution is 0.102. The van der Waals surface area contributed by atoms with Gasteiger partial charge >= 0.3 is 0 Å². The predicted molar refractivity (Wildman–Crippen MR) is 102 cm³/mol. The Morgan fingerprint density at radius 2 is 1.83 bits per heavy atom. The molecule has 1 aliphatic rings. The van der Waals surface area contributed by atoms with E-state index in [0.29, 0.717) is 5.56 Å². The van der Waals surface area contributed by atoms with Crippen LogP contribution in [0.25, 0.3) is 10.8 Å². The summed E-state index contributed by atoms with van der Waals surface area (Å²) in [5, 5.41) is 5.58. The van der Waals surface area contributed by atoms with Crippen LogP contribution in [0.2, 0.25) is 0 Å². The van der Waals surface area contributed by atoms with Gasteiger partial charge in [-0.3, -0.25) is 4.79 Å². The molecule has 0 saturated heterocycles. The van der Waals surface area contributed by atoms with Crippen LogP contribution in [-0.4, -0.2) is 11.7 Å². The molecule has 0 heterocycles. The fraction of sp³-hybridized carbons (Fsp3) is 0.190. The van der Waals surface area contributed by atoms with Gasteiger partial charge in [-0.1, -0.05) is 37.3 Å². The van der Waals surface area contributed by atoms with Crippen molar-refractivity contribution in [1.29, 1.82) is 0 Å². The Morgan fingerprint density at radius 3 is 2.67 bits per heavy atom. The lowest BCUT2D eigenvalue weighted by Gasteiger charge is -2.11. The summed E-state index contributed by atoms with van der Waals surface area (Å²) in [6.45, 7) is 2.12. The quantitative estimate of drug-likeness (QED) is 0.656. The zero-order chi connectivity index (χ0) is 16.5. The van der Waals surface area contributed by atoms with E-state index in [1.54, 1.807) is 11.8 Å². The normalized spacial score (nSPS) is 12.5. The molecule has 2 nitrogen and oxygen atoms in total. The number of hydrogen-bond donors (Lipinski definition) is 1. The molecule has 0 spiro atoms. The van der Waals surface area contributed by atoms with E-state index in [1.165, 1.54) is 16.5 Å². The van der Waals surface area contributed by atoms with Gasteiger partial charge in [0.25, 0.3) is 5.91 Å². The third kappa shape index (κ3) is 2.69. The Morgan fingerprint density at radius 1 is 1.04 bits per heavy atom. The summed E-state index contributed by atoms with van der Waals surface area (Å²) < 4.78 is 0. The Balaban J connectivity index is 1.68. The van der Waals surface area contributed by atoms with Crippen LogP contribution >= 0.6 is 11.8 Å². The minimum absolute atomic E-state index is 0.0488. The number of nitrogens with one attached hydrogen (secondary N) is 1. The number of thioether (sulfide) groups is 1. The van der Waals surface area contributed by atoms with Crippen LogP contribution in [0.15, 0.2) is 59.5 Å². The maximum Gasteiger partial charge on any atom is 0.255 e. The highest BCUT2D eigenvalue weighted by Crippen LogP contribution is 2.35. The fourth-order valence-corrected chi connectivity index (χ4v) is 4.16. The lowest BCUT2D eigenvalue weighted by Crippen LogP contribution is -2.12. The Bertz CT molecular complexity index is 922. The summed E-state index contributed by atoms with van der Waals surface area (Å²) in [6, 6.07) is 18.4. The van der Waals surface area contributed by atoms with E-state index in [-0.39, 0.29) is 5.91 Å². The molecule has 0 aliphatic heterocycles. The summed E-state index contributed by atoms with van der Waals surface area (Å²) >= 11 is 1.75. The molecular formula is C21H19NOS. The first kappa shape index (κ1) is 15.3. The molecule has 24 heavy (non-hydrogen) atoms. The predicted octanol–water partition coefficient (Wildman–Crippen LogP) is 5.30. The molecule has 1 aliphatic carbocycles. The van der Waals surface area contributed by atoms with Gasteiger partial charge in [-0.15, -0.1) is 11.8 Å². The molecule has 4 rings (SSSR count). The fourth-order valence-electron chi connectivity index (χ4n) is 3.44. The van der Waals surface area contributed by atoms with Crippen LogP contribution in [0, 0.1) is 0 Å². The van der Waals surface area contributed by atoms with Crippen molar-refractivity contribution < 1.29 is 4.79 Å². The molecule has 0 fully saturated rings. The van der Waals surface area contributed by atoms with E-state index in [1.807, 2.05) is 30.3 Å². The average Bonchev–Trinajstić information content (AvgIpc) is 3.03. The molecule has 0 saturated carbocycles. The first-order valence-corrected chi connectivity index (χ1v) is 9.32. The Kier molecular flexibility index (Phi) is 4.03. The van der Waals surface area contributed by atoms with Crippen molar-refractivity contribution in [1.82, 2.24) is 0 Å². The highest BCUT2D eigenvalue weighted by atomic mass is 32.2. The van der Waals surface area contributed by atoms with E-state index in [4.69, 9.17) is 0 Å². The number of hydrogen-bond acceptors (Lipinski definition) is 2. The maximum absolute atomic E-state index is 12.7. The zero-order valence-corrected chi connectivity index (χ0v) is 14.5. The second-order valence-corrected chi connectivity index (χ2v) is 7.36. The molecule has 3 heteroatoms. The SMILES string of the molecule is CCSc1cccc(C(=O)Nc2ccc3c4c(cccc24)CC3)c1. The number of carbonyl (C=O) groups excluding carboxylic acids is 1. The second kappa shape index (κ2) is 6.33. The summed E-state index contributed by atoms with van der Waals surface area (Å²) in [4.78, 5) is 13.8. The summed E-state index contributed by atoms with van der Waals surface area (Å²) in [5.41, 5.74) is 4.38. The molecule has 1 N–H and O–H groups in total. The van der Waals surface area contributed by atoms with Gasteiger partial charge in [0.2, 0.25) is 0 Å². The van der Waals surface area contributed by atoms with Crippen molar-refractivity contribution in [2.75, 3.05) is 11.1 Å². The topological polar surface area (TPSA) is 29.1 Å². The van der Waals surface area contributed by atoms with Gasteiger partial charge in [-0.05, 0) is 59.4 Å². The highest BCUT2D eigenvalue weighted by molar-refractivity contribution is 7.99. The van der Waals surface area contributed by atoms with Gasteiger partial charge in [-0.25, -0.2) is 0 Å². The Labute approximate surface area is 146 Å². The largest absolute Gasteiger partial charge is 0.321 e. The average molecular weight is 333 g/mol. The molecular weight excluding hydrogens is 314 g/mol. The van der Waals surface area contributed by atoms with Crippen LogP contribution < -0.4 is 5.32 Å². The van der Waals surface area contributed by atoms with E-state index in [9.17, 15) is 4.79 Å². The first-order chi connectivity index (χ1) is 11.8. The monoisotopic (exact) mass is 333 g/mol. The molecule has 0 atom stereocenters. The van der Waals surface area contributed by atoms with Crippen LogP contribution in [0.3, 0.4) is 0 Å². The van der Waals surface area contributed by atoms with Gasteiger partial charge < -0.3 is 5.32 Å². The smallest absolute Gasteiger partial charge is 0.255 e. The van der Waals surface area contributed by atoms with E-state index in [0.717, 1.165) is 34.6 Å². The van der Waals surface area contributed by atoms with Crippen molar-refractivity contribution in [3.05, 3.63) is 71.3 Å². The standard InChI is InChI=1S/C21H19NOS/c1-2-24-17-7-3-6-16(13-17)21(23)22-19-12-11-15-10-9-14-5-4-8-18(19)20(14)15/h3-8,11-13H,2,9-10H2,1H3,(H,22,23). The highest BCUT2D eigenvalue weighted by Gasteiger charge is 2.17. The van der Waals surface area contributed by atoms with Gasteiger partial charge in [0, 0.05) is 21.5 Å². The van der Waals surface area contributed by atoms with E-state index in [2.05, 4.69) is 36.5 Å². The molecule has 0 unspecified atom stereocenters. The second-order valence-electron chi connectivity index (χ2n) is 6.03. The molecule has 120 valence electrons. The summed E-state index contributed by atoms with van der Waals surface area (Å²) in [7, 11) is 0. The number of amides is 1. The van der Waals surface area contributed by atoms with E-state index >= 15 is 0 Å². The van der Waals surface area contributed by atoms with Gasteiger partial charge in [-0.2, -0.15) is 0 Å². The number of rotatable bonds is 4. The number of anilines is 1. The third-order valence-electron chi connectivity index (χ3n) is 4.53. The van der Waals surface area contributed by atoms with Crippen LogP contribution in [0.1, 0.15) is 28.4 Å². The van der Waals surface area contributed by atoms with Crippen molar-refractivity contribution in [2.24, 2.45) is 0 Å². The summed E-state index contributed by atoms with van der Waals surface area (Å²) in [5.74, 6) is 0.951. The first-order valence-electron chi connectivity index (χ1n) is 8.34. The van der Waals surface area contributed by atoms with Gasteiger partial charge in [0.1, 0.15) is 0 Å². The summed E-state index contributed by atoms with van der Waals surface area (Å²) in [6.07, 6.45) is 2.20. The molecule has 1 amide bonds. The molecule has 0 bridgehead atoms. The zero-order valence-electron chi connectivity index (χ0n) is 13.6. The third-order valence-corrected chi connectivity index (χ3v) is 5.41. The van der Waals surface area contributed by atoms with Crippen molar-refractivity contribution in [3.8, 4) is 0 Å². The minimum atomic E-state index is -0.0488. The van der Waals surface area contributed by atoms with E-state index < -0.39 is 0 Å². The molecule has 3 aromatic carbocycles. The minimum Gasteiger partial charge on any atom is -0.321 e. The van der Waals surface area contributed by atoms with Crippen LogP contribution in [0.4, 0.5) is 5.69 Å². The number of aryl methyl sites for hydroxylation is 2. The molecule has 3 aromatic rings. The maximum atomic E-state index is 12.7. The number of carbonyl (C=O) groups is 1. The Hall–Kier alpha value is -2.26. The van der Waals surface area contributed by atoms with Crippen molar-refractivity contribution in [2.45, 2.75) is 24.7 Å². The van der Waals surface area contributed by atoms with Gasteiger partial charge in [0.05, 0.1) is 0 Å². The molecule has 0 aromatic heterocycles. The van der Waals surface area contributed by atoms with Crippen LogP contribution in [-0.2, 0) is 12.8 Å². The number of benzene rings is 3. The van der Waals surface area contributed by atoms with Gasteiger partial charge in [0.15, 0.2) is 0 Å². The molecule has 0 radical (unpaired) electrons. The van der Waals surface area contributed by atoms with Crippen molar-refractivity contribution in [3.63, 3.8) is 0 Å².